The lowest BCUT2D eigenvalue weighted by atomic mass is 9.99. The number of methoxy groups -OCH3 is 1. The van der Waals surface area contributed by atoms with Crippen LogP contribution < -0.4 is 0 Å². The average molecular weight is 189 g/mol. The third-order valence-corrected chi connectivity index (χ3v) is 3.88. The molecule has 1 fully saturated rings. The van der Waals surface area contributed by atoms with Gasteiger partial charge in [0, 0.05) is 20.0 Å². The van der Waals surface area contributed by atoms with Gasteiger partial charge in [0.2, 0.25) is 0 Å². The van der Waals surface area contributed by atoms with E-state index in [0.29, 0.717) is 12.8 Å². The van der Waals surface area contributed by atoms with Crippen molar-refractivity contribution in [2.75, 3.05) is 18.6 Å². The first kappa shape index (κ1) is 9.49. The molecule has 1 saturated heterocycles. The lowest BCUT2D eigenvalue weighted by molar-refractivity contribution is 0.0310. The van der Waals surface area contributed by atoms with Crippen LogP contribution in [0.1, 0.15) is 12.8 Å². The Hall–Kier alpha value is -0.600. The minimum Gasteiger partial charge on any atom is -0.363 e. The van der Waals surface area contributed by atoms with Crippen LogP contribution in [0.25, 0.3) is 0 Å². The molecular formula is C7H11NO3S. The quantitative estimate of drug-likeness (QED) is 0.587. The van der Waals surface area contributed by atoms with Gasteiger partial charge in [0.15, 0.2) is 15.4 Å². The third kappa shape index (κ3) is 1.76. The standard InChI is InChI=1S/C7H11NO3S/c1-11-7(6-8)2-4-12(9,10)5-3-7/h2-5H2,1H3. The van der Waals surface area contributed by atoms with Crippen LogP contribution in [0.2, 0.25) is 0 Å². The maximum atomic E-state index is 11.0. The number of hydrogen-bond donors (Lipinski definition) is 0. The predicted octanol–water partition coefficient (Wildman–Crippen LogP) is 0.104. The highest BCUT2D eigenvalue weighted by atomic mass is 32.2. The number of nitrogens with zero attached hydrogens (tertiary/aromatic N) is 1. The monoisotopic (exact) mass is 189 g/mol. The molecule has 1 heterocycles. The molecule has 0 radical (unpaired) electrons. The SMILES string of the molecule is COC1(C#N)CCS(=O)(=O)CC1. The first-order valence-electron chi connectivity index (χ1n) is 3.70. The van der Waals surface area contributed by atoms with Gasteiger partial charge in [-0.05, 0) is 0 Å². The van der Waals surface area contributed by atoms with Gasteiger partial charge in [-0.3, -0.25) is 0 Å². The summed E-state index contributed by atoms with van der Waals surface area (Å²) in [6, 6.07) is 2.02. The first-order chi connectivity index (χ1) is 5.54. The molecule has 0 aliphatic carbocycles. The summed E-state index contributed by atoms with van der Waals surface area (Å²) in [5, 5.41) is 8.74. The summed E-state index contributed by atoms with van der Waals surface area (Å²) in [5.74, 6) is 0.128. The molecule has 0 N–H and O–H groups in total. The van der Waals surface area contributed by atoms with Crippen LogP contribution in [0.5, 0.6) is 0 Å². The van der Waals surface area contributed by atoms with Gasteiger partial charge in [-0.25, -0.2) is 8.42 Å². The largest absolute Gasteiger partial charge is 0.363 e. The van der Waals surface area contributed by atoms with Gasteiger partial charge in [-0.2, -0.15) is 5.26 Å². The van der Waals surface area contributed by atoms with Crippen LogP contribution >= 0.6 is 0 Å². The Morgan fingerprint density at radius 2 is 1.92 bits per heavy atom. The summed E-state index contributed by atoms with van der Waals surface area (Å²) < 4.78 is 27.0. The third-order valence-electron chi connectivity index (χ3n) is 2.23. The molecule has 1 rings (SSSR count). The van der Waals surface area contributed by atoms with Gasteiger partial charge in [-0.1, -0.05) is 0 Å². The Kier molecular flexibility index (Phi) is 2.40. The molecule has 0 amide bonds. The Morgan fingerprint density at radius 1 is 1.42 bits per heavy atom. The van der Waals surface area contributed by atoms with Crippen molar-refractivity contribution < 1.29 is 13.2 Å². The van der Waals surface area contributed by atoms with Crippen molar-refractivity contribution in [3.05, 3.63) is 0 Å². The molecule has 0 bridgehead atoms. The van der Waals surface area contributed by atoms with Crippen molar-refractivity contribution in [2.45, 2.75) is 18.4 Å². The van der Waals surface area contributed by atoms with E-state index in [4.69, 9.17) is 10.00 Å². The van der Waals surface area contributed by atoms with E-state index in [1.165, 1.54) is 7.11 Å². The van der Waals surface area contributed by atoms with E-state index in [-0.39, 0.29) is 11.5 Å². The van der Waals surface area contributed by atoms with E-state index in [0.717, 1.165) is 0 Å². The molecule has 0 aromatic heterocycles. The highest BCUT2D eigenvalue weighted by Gasteiger charge is 2.37. The fourth-order valence-corrected chi connectivity index (χ4v) is 2.71. The molecule has 0 saturated carbocycles. The van der Waals surface area contributed by atoms with Gasteiger partial charge in [0.05, 0.1) is 17.6 Å². The van der Waals surface area contributed by atoms with Crippen molar-refractivity contribution in [2.24, 2.45) is 0 Å². The summed E-state index contributed by atoms with van der Waals surface area (Å²) in [5.41, 5.74) is -0.856. The number of nitriles is 1. The summed E-state index contributed by atoms with van der Waals surface area (Å²) in [4.78, 5) is 0. The van der Waals surface area contributed by atoms with Gasteiger partial charge in [0.1, 0.15) is 0 Å². The summed E-state index contributed by atoms with van der Waals surface area (Å²) >= 11 is 0. The van der Waals surface area contributed by atoms with E-state index in [2.05, 4.69) is 0 Å². The van der Waals surface area contributed by atoms with Crippen molar-refractivity contribution in [3.8, 4) is 6.07 Å². The molecule has 0 unspecified atom stereocenters. The van der Waals surface area contributed by atoms with Crippen molar-refractivity contribution in [1.29, 1.82) is 5.26 Å². The molecule has 1 aliphatic heterocycles. The summed E-state index contributed by atoms with van der Waals surface area (Å²) in [6.07, 6.45) is 0.588. The minimum atomic E-state index is -2.91. The molecule has 0 aromatic rings. The highest BCUT2D eigenvalue weighted by molar-refractivity contribution is 7.91. The normalized spacial score (nSPS) is 26.0. The van der Waals surface area contributed by atoms with E-state index in [1.807, 2.05) is 6.07 Å². The minimum absolute atomic E-state index is 0.0639. The molecular weight excluding hydrogens is 178 g/mol. The van der Waals surface area contributed by atoms with Crippen molar-refractivity contribution in [3.63, 3.8) is 0 Å². The number of ether oxygens (including phenoxy) is 1. The van der Waals surface area contributed by atoms with Gasteiger partial charge in [0.25, 0.3) is 0 Å². The zero-order valence-corrected chi connectivity index (χ0v) is 7.73. The van der Waals surface area contributed by atoms with Gasteiger partial charge >= 0.3 is 0 Å². The molecule has 1 aliphatic rings. The maximum Gasteiger partial charge on any atom is 0.155 e. The average Bonchev–Trinajstić information content (AvgIpc) is 2.06. The van der Waals surface area contributed by atoms with Crippen LogP contribution in [-0.2, 0) is 14.6 Å². The smallest absolute Gasteiger partial charge is 0.155 e. The predicted molar refractivity (Wildman–Crippen MR) is 43.2 cm³/mol. The van der Waals surface area contributed by atoms with Crippen LogP contribution in [0, 0.1) is 11.3 Å². The second kappa shape index (κ2) is 3.04. The van der Waals surface area contributed by atoms with Gasteiger partial charge < -0.3 is 4.74 Å². The van der Waals surface area contributed by atoms with Crippen molar-refractivity contribution in [1.82, 2.24) is 0 Å². The molecule has 68 valence electrons. The number of sulfone groups is 1. The van der Waals surface area contributed by atoms with Gasteiger partial charge in [-0.15, -0.1) is 0 Å². The van der Waals surface area contributed by atoms with E-state index >= 15 is 0 Å². The van der Waals surface area contributed by atoms with E-state index in [1.54, 1.807) is 0 Å². The fraction of sp³-hybridized carbons (Fsp3) is 0.857. The molecule has 0 spiro atoms. The molecule has 12 heavy (non-hydrogen) atoms. The number of rotatable bonds is 1. The second-order valence-corrected chi connectivity index (χ2v) is 5.27. The van der Waals surface area contributed by atoms with E-state index < -0.39 is 15.4 Å². The molecule has 0 aromatic carbocycles. The topological polar surface area (TPSA) is 67.2 Å². The van der Waals surface area contributed by atoms with Crippen LogP contribution in [-0.4, -0.2) is 32.6 Å². The van der Waals surface area contributed by atoms with Crippen LogP contribution in [0.4, 0.5) is 0 Å². The second-order valence-electron chi connectivity index (χ2n) is 2.96. The Balaban J connectivity index is 2.74. The first-order valence-corrected chi connectivity index (χ1v) is 5.53. The lowest BCUT2D eigenvalue weighted by Gasteiger charge is -2.28. The summed E-state index contributed by atoms with van der Waals surface area (Å²) in [7, 11) is -1.46. The van der Waals surface area contributed by atoms with E-state index in [9.17, 15) is 8.42 Å². The zero-order valence-electron chi connectivity index (χ0n) is 6.91. The Morgan fingerprint density at radius 3 is 2.25 bits per heavy atom. The van der Waals surface area contributed by atoms with Crippen LogP contribution in [0.3, 0.4) is 0 Å². The lowest BCUT2D eigenvalue weighted by Crippen LogP contribution is -2.39. The molecule has 0 atom stereocenters. The Bertz CT molecular complexity index is 287. The van der Waals surface area contributed by atoms with Crippen molar-refractivity contribution >= 4 is 9.84 Å². The number of hydrogen-bond acceptors (Lipinski definition) is 4. The molecule has 5 heteroatoms. The van der Waals surface area contributed by atoms with Crippen LogP contribution in [0.15, 0.2) is 0 Å². The maximum absolute atomic E-state index is 11.0. The highest BCUT2D eigenvalue weighted by Crippen LogP contribution is 2.25. The fourth-order valence-electron chi connectivity index (χ4n) is 1.23. The Labute approximate surface area is 72.1 Å². The zero-order chi connectivity index (χ0) is 9.24. The molecule has 4 nitrogen and oxygen atoms in total. The summed E-state index contributed by atoms with van der Waals surface area (Å²) in [6.45, 7) is 0.